The highest BCUT2D eigenvalue weighted by molar-refractivity contribution is 9.10. The second-order valence-corrected chi connectivity index (χ2v) is 14.6. The van der Waals surface area contributed by atoms with Gasteiger partial charge in [0.25, 0.3) is 0 Å². The number of pyridine rings is 3. The van der Waals surface area contributed by atoms with Crippen LogP contribution in [0.15, 0.2) is 59.3 Å². The predicted octanol–water partition coefficient (Wildman–Crippen LogP) is 6.65. The monoisotopic (exact) mass is 725 g/mol. The first-order valence-electron chi connectivity index (χ1n) is 17.8. The minimum Gasteiger partial charge on any atom is -0.481 e. The van der Waals surface area contributed by atoms with Gasteiger partial charge in [0.2, 0.25) is 5.88 Å². The van der Waals surface area contributed by atoms with E-state index in [4.69, 9.17) is 4.74 Å². The Hall–Kier alpha value is -3.77. The Morgan fingerprint density at radius 2 is 1.24 bits per heavy atom. The van der Waals surface area contributed by atoms with Gasteiger partial charge in [-0.2, -0.15) is 0 Å². The largest absolute Gasteiger partial charge is 0.481 e. The summed E-state index contributed by atoms with van der Waals surface area (Å²) in [5, 5.41) is 13.0. The van der Waals surface area contributed by atoms with Crippen molar-refractivity contribution < 1.29 is 4.74 Å². The van der Waals surface area contributed by atoms with Crippen LogP contribution in [0.5, 0.6) is 5.88 Å². The lowest BCUT2D eigenvalue weighted by Gasteiger charge is -2.07. The number of aromatic nitrogens is 6. The first-order valence-corrected chi connectivity index (χ1v) is 18.6. The highest BCUT2D eigenvalue weighted by Crippen LogP contribution is 2.22. The molecule has 6 N–H and O–H groups in total. The van der Waals surface area contributed by atoms with Crippen molar-refractivity contribution in [2.45, 2.75) is 82.8 Å². The summed E-state index contributed by atoms with van der Waals surface area (Å²) in [4.78, 5) is 23.4. The van der Waals surface area contributed by atoms with Crippen molar-refractivity contribution in [1.82, 2.24) is 45.9 Å². The number of nitrogens with one attached hydrogen (secondary N) is 6. The third-order valence-electron chi connectivity index (χ3n) is 9.76. The van der Waals surface area contributed by atoms with Gasteiger partial charge in [-0.05, 0) is 123 Å². The summed E-state index contributed by atoms with van der Waals surface area (Å²) in [5.74, 6) is 0.669. The molecule has 6 aromatic heterocycles. The fourth-order valence-electron chi connectivity index (χ4n) is 7.31. The average Bonchev–Trinajstić information content (AvgIpc) is 3.94. The van der Waals surface area contributed by atoms with Crippen LogP contribution in [0, 0.1) is 6.92 Å². The Kier molecular flexibility index (Phi) is 10.9. The summed E-state index contributed by atoms with van der Waals surface area (Å²) >= 11 is 3.44. The van der Waals surface area contributed by atoms with Crippen LogP contribution in [-0.4, -0.2) is 74.8 Å². The molecule has 3 atom stereocenters. The third-order valence-corrected chi connectivity index (χ3v) is 10.2. The van der Waals surface area contributed by atoms with Crippen LogP contribution in [0.2, 0.25) is 0 Å². The van der Waals surface area contributed by atoms with E-state index in [0.717, 1.165) is 59.2 Å². The van der Waals surface area contributed by atoms with Crippen LogP contribution >= 0.6 is 15.9 Å². The van der Waals surface area contributed by atoms with Gasteiger partial charge in [-0.1, -0.05) is 0 Å². The highest BCUT2D eigenvalue weighted by atomic mass is 79.9. The Labute approximate surface area is 296 Å². The highest BCUT2D eigenvalue weighted by Gasteiger charge is 2.17. The van der Waals surface area contributed by atoms with E-state index in [1.165, 1.54) is 78.5 Å². The maximum atomic E-state index is 5.13. The molecule has 3 fully saturated rings. The first-order chi connectivity index (χ1) is 24.0. The van der Waals surface area contributed by atoms with Crippen LogP contribution in [0.1, 0.15) is 61.2 Å². The second-order valence-electron chi connectivity index (χ2n) is 13.7. The normalized spacial score (nSPS) is 20.4. The molecule has 49 heavy (non-hydrogen) atoms. The second kappa shape index (κ2) is 15.8. The van der Waals surface area contributed by atoms with Gasteiger partial charge in [-0.3, -0.25) is 0 Å². The van der Waals surface area contributed by atoms with E-state index in [1.807, 2.05) is 24.5 Å². The van der Waals surface area contributed by atoms with E-state index in [1.54, 1.807) is 7.11 Å². The summed E-state index contributed by atoms with van der Waals surface area (Å²) < 4.78 is 6.16. The summed E-state index contributed by atoms with van der Waals surface area (Å²) in [6, 6.07) is 16.6. The maximum Gasteiger partial charge on any atom is 0.213 e. The molecule has 9 rings (SSSR count). The molecule has 258 valence electrons. The number of hydrogen-bond acceptors (Lipinski definition) is 7. The van der Waals surface area contributed by atoms with Crippen molar-refractivity contribution in [3.05, 3.63) is 82.0 Å². The first kappa shape index (κ1) is 33.7. The number of ether oxygens (including phenoxy) is 1. The van der Waals surface area contributed by atoms with Gasteiger partial charge in [0.05, 0.1) is 18.1 Å². The Morgan fingerprint density at radius 1 is 0.694 bits per heavy atom. The Morgan fingerprint density at radius 3 is 1.80 bits per heavy atom. The molecule has 11 heteroatoms. The third kappa shape index (κ3) is 8.88. The molecule has 9 heterocycles. The van der Waals surface area contributed by atoms with Crippen LogP contribution in [0.25, 0.3) is 33.1 Å². The molecule has 0 bridgehead atoms. The van der Waals surface area contributed by atoms with Crippen molar-refractivity contribution in [3.63, 3.8) is 0 Å². The van der Waals surface area contributed by atoms with Gasteiger partial charge < -0.3 is 35.6 Å². The summed E-state index contributed by atoms with van der Waals surface area (Å²) in [6.07, 6.45) is 14.7. The van der Waals surface area contributed by atoms with E-state index in [0.29, 0.717) is 24.0 Å². The number of fused-ring (bicyclic) bond motifs is 3. The number of nitrogens with zero attached hydrogens (tertiary/aromatic N) is 3. The van der Waals surface area contributed by atoms with Crippen LogP contribution in [-0.2, 0) is 19.3 Å². The SMILES string of the molecule is Brc1cnc2[nH]c(C[C@H]3CCCN3)cc2c1.COc1ccc2[nH]c(C[C@H]3CCCN3)cc2n1.Cc1cnc2[nH]c(C[C@H]3CCCN3)cc2c1. The van der Waals surface area contributed by atoms with Crippen molar-refractivity contribution in [3.8, 4) is 5.88 Å². The molecule has 0 spiro atoms. The average molecular weight is 727 g/mol. The molecule has 0 unspecified atom stereocenters. The van der Waals surface area contributed by atoms with Crippen molar-refractivity contribution >= 4 is 49.0 Å². The van der Waals surface area contributed by atoms with Gasteiger partial charge in [-0.15, -0.1) is 0 Å². The molecule has 6 aromatic rings. The van der Waals surface area contributed by atoms with E-state index in [9.17, 15) is 0 Å². The maximum absolute atomic E-state index is 5.13. The molecular weight excluding hydrogens is 678 g/mol. The molecule has 10 nitrogen and oxygen atoms in total. The molecule has 0 aromatic carbocycles. The molecule has 0 aliphatic carbocycles. The number of aryl methyl sites for hydroxylation is 1. The summed E-state index contributed by atoms with van der Waals surface area (Å²) in [5.41, 5.74) is 9.11. The van der Waals surface area contributed by atoms with E-state index in [2.05, 4.69) is 99.0 Å². The molecule has 3 aliphatic rings. The number of halogens is 1. The van der Waals surface area contributed by atoms with E-state index in [-0.39, 0.29) is 0 Å². The van der Waals surface area contributed by atoms with Crippen LogP contribution < -0.4 is 20.7 Å². The molecular formula is C38H48BrN9O. The van der Waals surface area contributed by atoms with Crippen LogP contribution in [0.3, 0.4) is 0 Å². The number of aromatic amines is 3. The number of H-pyrrole nitrogens is 3. The lowest BCUT2D eigenvalue weighted by atomic mass is 10.1. The fraction of sp³-hybridized carbons (Fsp3) is 0.447. The van der Waals surface area contributed by atoms with Crippen molar-refractivity contribution in [2.24, 2.45) is 0 Å². The number of hydrogen-bond donors (Lipinski definition) is 6. The minimum absolute atomic E-state index is 0.616. The number of rotatable bonds is 7. The molecule has 0 radical (unpaired) electrons. The van der Waals surface area contributed by atoms with E-state index < -0.39 is 0 Å². The predicted molar refractivity (Wildman–Crippen MR) is 201 cm³/mol. The quantitative estimate of drug-likeness (QED) is 0.109. The smallest absolute Gasteiger partial charge is 0.213 e. The lowest BCUT2D eigenvalue weighted by Crippen LogP contribution is -2.23. The topological polar surface area (TPSA) is 131 Å². The van der Waals surface area contributed by atoms with Crippen molar-refractivity contribution in [1.29, 1.82) is 0 Å². The van der Waals surface area contributed by atoms with Gasteiger partial charge in [0.15, 0.2) is 0 Å². The molecule has 0 amide bonds. The van der Waals surface area contributed by atoms with Gasteiger partial charge >= 0.3 is 0 Å². The summed E-state index contributed by atoms with van der Waals surface area (Å²) in [7, 11) is 1.64. The minimum atomic E-state index is 0.616. The van der Waals surface area contributed by atoms with E-state index >= 15 is 0 Å². The number of methoxy groups -OCH3 is 1. The van der Waals surface area contributed by atoms with Crippen LogP contribution in [0.4, 0.5) is 0 Å². The zero-order chi connectivity index (χ0) is 33.6. The van der Waals surface area contributed by atoms with Crippen molar-refractivity contribution in [2.75, 3.05) is 26.7 Å². The van der Waals surface area contributed by atoms with Gasteiger partial charge in [-0.25, -0.2) is 15.0 Å². The zero-order valence-electron chi connectivity index (χ0n) is 28.5. The zero-order valence-corrected chi connectivity index (χ0v) is 30.1. The summed E-state index contributed by atoms with van der Waals surface area (Å²) in [6.45, 7) is 5.56. The molecule has 3 saturated heterocycles. The molecule has 0 saturated carbocycles. The Bertz CT molecular complexity index is 1870. The lowest BCUT2D eigenvalue weighted by molar-refractivity contribution is 0.399. The van der Waals surface area contributed by atoms with Gasteiger partial charge in [0.1, 0.15) is 11.3 Å². The molecule has 3 aliphatic heterocycles. The fourth-order valence-corrected chi connectivity index (χ4v) is 7.66. The standard InChI is InChI=1S/C13H17N3O.C13H17N3.C12H14BrN3/c1-17-13-5-4-11-12(16-13)8-10(15-11)7-9-3-2-6-14-9;1-9-5-10-6-12(16-13(10)15-8-9)7-11-3-2-4-14-11;13-9-4-8-5-11(16-12(8)15-7-9)6-10-2-1-3-14-10/h4-5,8-9,14-15H,2-3,6-7H2,1H3;5-6,8,11,14H,2-4,7H2,1H3,(H,15,16);4-5,7,10,14H,1-3,6H2,(H,15,16)/t9-;11-;10-/m111/s1. The Balaban J connectivity index is 0.000000116. The van der Waals surface area contributed by atoms with Gasteiger partial charge in [0, 0.05) is 88.2 Å².